The van der Waals surface area contributed by atoms with Gasteiger partial charge in [-0.2, -0.15) is 0 Å². The molecule has 2 aromatic carbocycles. The number of H-pyrrole nitrogens is 1. The van der Waals surface area contributed by atoms with Crippen LogP contribution in [0.4, 0.5) is 5.69 Å². The number of piperazine rings is 1. The quantitative estimate of drug-likeness (QED) is 0.275. The van der Waals surface area contributed by atoms with Crippen LogP contribution in [0.2, 0.25) is 0 Å². The summed E-state index contributed by atoms with van der Waals surface area (Å²) < 4.78 is 1.83. The molecule has 2 aromatic heterocycles. The van der Waals surface area contributed by atoms with Crippen LogP contribution in [0.3, 0.4) is 0 Å². The SMILES string of the molecule is O=c1[nH]c(SCCCN2CCN(c3ccccc3)CC2)nc2c1sc1ccccc12. The summed E-state index contributed by atoms with van der Waals surface area (Å²) in [5.41, 5.74) is 2.12. The average molecular weight is 437 g/mol. The molecule has 1 aliphatic heterocycles. The van der Waals surface area contributed by atoms with Gasteiger partial charge in [-0.05, 0) is 31.2 Å². The molecular weight excluding hydrogens is 412 g/mol. The fraction of sp³-hybridized carbons (Fsp3) is 0.304. The molecule has 0 saturated carbocycles. The van der Waals surface area contributed by atoms with E-state index in [1.165, 1.54) is 17.0 Å². The van der Waals surface area contributed by atoms with E-state index >= 15 is 0 Å². The first-order chi connectivity index (χ1) is 14.8. The molecule has 154 valence electrons. The Hall–Kier alpha value is -2.35. The lowest BCUT2D eigenvalue weighted by atomic mass is 10.2. The molecule has 0 aliphatic carbocycles. The third kappa shape index (κ3) is 4.10. The zero-order chi connectivity index (χ0) is 20.3. The fourth-order valence-corrected chi connectivity index (χ4v) is 5.80. The molecule has 1 saturated heterocycles. The molecule has 0 radical (unpaired) electrons. The van der Waals surface area contributed by atoms with Gasteiger partial charge in [0.25, 0.3) is 5.56 Å². The van der Waals surface area contributed by atoms with Crippen LogP contribution in [0.1, 0.15) is 6.42 Å². The van der Waals surface area contributed by atoms with E-state index in [9.17, 15) is 4.79 Å². The Morgan fingerprint density at radius 3 is 2.60 bits per heavy atom. The summed E-state index contributed by atoms with van der Waals surface area (Å²) in [5.74, 6) is 0.954. The second kappa shape index (κ2) is 8.79. The van der Waals surface area contributed by atoms with Gasteiger partial charge in [-0.25, -0.2) is 4.98 Å². The van der Waals surface area contributed by atoms with E-state index in [1.807, 2.05) is 24.3 Å². The number of hydrogen-bond donors (Lipinski definition) is 1. The number of anilines is 1. The third-order valence-electron chi connectivity index (χ3n) is 5.56. The van der Waals surface area contributed by atoms with E-state index in [-0.39, 0.29) is 5.56 Å². The Morgan fingerprint density at radius 1 is 1.00 bits per heavy atom. The van der Waals surface area contributed by atoms with Crippen LogP contribution >= 0.6 is 23.1 Å². The summed E-state index contributed by atoms with van der Waals surface area (Å²) in [4.78, 5) is 25.2. The van der Waals surface area contributed by atoms with E-state index in [1.54, 1.807) is 11.8 Å². The molecule has 1 aliphatic rings. The monoisotopic (exact) mass is 436 g/mol. The summed E-state index contributed by atoms with van der Waals surface area (Å²) in [6.45, 7) is 5.44. The number of benzene rings is 2. The van der Waals surface area contributed by atoms with Crippen LogP contribution in [-0.2, 0) is 0 Å². The largest absolute Gasteiger partial charge is 0.369 e. The summed E-state index contributed by atoms with van der Waals surface area (Å²) >= 11 is 3.16. The summed E-state index contributed by atoms with van der Waals surface area (Å²) in [5, 5.41) is 1.80. The molecule has 5 rings (SSSR count). The fourth-order valence-electron chi connectivity index (χ4n) is 3.97. The molecule has 0 atom stereocenters. The zero-order valence-electron chi connectivity index (χ0n) is 16.7. The number of aromatic amines is 1. The Bertz CT molecular complexity index is 1200. The van der Waals surface area contributed by atoms with Crippen molar-refractivity contribution in [3.05, 3.63) is 65.0 Å². The number of hydrogen-bond acceptors (Lipinski definition) is 6. The lowest BCUT2D eigenvalue weighted by molar-refractivity contribution is 0.259. The van der Waals surface area contributed by atoms with E-state index in [0.29, 0.717) is 0 Å². The Morgan fingerprint density at radius 2 is 1.77 bits per heavy atom. The van der Waals surface area contributed by atoms with Gasteiger partial charge in [0, 0.05) is 47.7 Å². The van der Waals surface area contributed by atoms with Crippen molar-refractivity contribution in [1.29, 1.82) is 0 Å². The van der Waals surface area contributed by atoms with Crippen LogP contribution in [0.15, 0.2) is 64.5 Å². The average Bonchev–Trinajstić information content (AvgIpc) is 3.17. The second-order valence-corrected chi connectivity index (χ2v) is 9.65. The number of thioether (sulfide) groups is 1. The Labute approximate surface area is 183 Å². The number of fused-ring (bicyclic) bond motifs is 3. The molecule has 0 bridgehead atoms. The first kappa shape index (κ1) is 19.6. The van der Waals surface area contributed by atoms with Crippen molar-refractivity contribution in [2.24, 2.45) is 0 Å². The minimum absolute atomic E-state index is 0.0271. The molecule has 1 N–H and O–H groups in total. The molecule has 0 spiro atoms. The molecule has 7 heteroatoms. The molecule has 5 nitrogen and oxygen atoms in total. The number of nitrogens with one attached hydrogen (secondary N) is 1. The predicted molar refractivity (Wildman–Crippen MR) is 128 cm³/mol. The number of aromatic nitrogens is 2. The highest BCUT2D eigenvalue weighted by atomic mass is 32.2. The third-order valence-corrected chi connectivity index (χ3v) is 7.68. The maximum absolute atomic E-state index is 12.5. The van der Waals surface area contributed by atoms with Gasteiger partial charge >= 0.3 is 0 Å². The number of rotatable bonds is 6. The minimum Gasteiger partial charge on any atom is -0.369 e. The standard InChI is InChI=1S/C23H24N4OS2/c28-22-21-20(18-9-4-5-10-19(18)30-21)24-23(25-22)29-16-6-11-26-12-14-27(15-13-26)17-7-2-1-3-8-17/h1-5,7-10H,6,11-16H2,(H,24,25,28). The van der Waals surface area contributed by atoms with Gasteiger partial charge in [0.05, 0.1) is 5.52 Å². The first-order valence-electron chi connectivity index (χ1n) is 10.3. The topological polar surface area (TPSA) is 52.2 Å². The van der Waals surface area contributed by atoms with Crippen molar-refractivity contribution in [2.45, 2.75) is 11.6 Å². The van der Waals surface area contributed by atoms with E-state index in [0.717, 1.165) is 70.4 Å². The van der Waals surface area contributed by atoms with Gasteiger partial charge in [-0.3, -0.25) is 9.69 Å². The molecule has 0 amide bonds. The van der Waals surface area contributed by atoms with Crippen LogP contribution < -0.4 is 10.5 Å². The van der Waals surface area contributed by atoms with Crippen LogP contribution in [0.25, 0.3) is 20.3 Å². The number of nitrogens with zero attached hydrogens (tertiary/aromatic N) is 3. The lowest BCUT2D eigenvalue weighted by Gasteiger charge is -2.36. The van der Waals surface area contributed by atoms with Gasteiger partial charge in [0.2, 0.25) is 0 Å². The van der Waals surface area contributed by atoms with E-state index < -0.39 is 0 Å². The van der Waals surface area contributed by atoms with Crippen molar-refractivity contribution < 1.29 is 0 Å². The van der Waals surface area contributed by atoms with Gasteiger partial charge in [-0.1, -0.05) is 48.2 Å². The van der Waals surface area contributed by atoms with Gasteiger partial charge < -0.3 is 9.88 Å². The smallest absolute Gasteiger partial charge is 0.269 e. The molecular formula is C23H24N4OS2. The molecule has 3 heterocycles. The minimum atomic E-state index is -0.0271. The van der Waals surface area contributed by atoms with Gasteiger partial charge in [0.1, 0.15) is 4.70 Å². The number of para-hydroxylation sites is 1. The highest BCUT2D eigenvalue weighted by Crippen LogP contribution is 2.31. The van der Waals surface area contributed by atoms with E-state index in [2.05, 4.69) is 45.1 Å². The zero-order valence-corrected chi connectivity index (χ0v) is 18.3. The van der Waals surface area contributed by atoms with Crippen molar-refractivity contribution in [2.75, 3.05) is 43.4 Å². The van der Waals surface area contributed by atoms with E-state index in [4.69, 9.17) is 4.98 Å². The Balaban J connectivity index is 1.15. The maximum Gasteiger partial charge on any atom is 0.269 e. The summed E-state index contributed by atoms with van der Waals surface area (Å²) in [6.07, 6.45) is 1.09. The van der Waals surface area contributed by atoms with Crippen LogP contribution in [-0.4, -0.2) is 53.3 Å². The van der Waals surface area contributed by atoms with Gasteiger partial charge in [0.15, 0.2) is 5.16 Å². The number of thiophene rings is 1. The predicted octanol–water partition coefficient (Wildman–Crippen LogP) is 4.44. The normalized spacial score (nSPS) is 15.3. The Kier molecular flexibility index (Phi) is 5.75. The van der Waals surface area contributed by atoms with Crippen LogP contribution in [0, 0.1) is 0 Å². The first-order valence-corrected chi connectivity index (χ1v) is 12.1. The molecule has 4 aromatic rings. The molecule has 1 fully saturated rings. The lowest BCUT2D eigenvalue weighted by Crippen LogP contribution is -2.46. The second-order valence-electron chi connectivity index (χ2n) is 7.51. The molecule has 0 unspecified atom stereocenters. The highest BCUT2D eigenvalue weighted by Gasteiger charge is 2.17. The van der Waals surface area contributed by atoms with Crippen LogP contribution in [0.5, 0.6) is 0 Å². The van der Waals surface area contributed by atoms with Gasteiger partial charge in [-0.15, -0.1) is 11.3 Å². The van der Waals surface area contributed by atoms with Crippen molar-refractivity contribution >= 4 is 49.1 Å². The molecule has 30 heavy (non-hydrogen) atoms. The van der Waals surface area contributed by atoms with Crippen molar-refractivity contribution in [3.63, 3.8) is 0 Å². The highest BCUT2D eigenvalue weighted by molar-refractivity contribution is 7.99. The maximum atomic E-state index is 12.5. The summed E-state index contributed by atoms with van der Waals surface area (Å²) in [7, 11) is 0. The van der Waals surface area contributed by atoms with Crippen molar-refractivity contribution in [1.82, 2.24) is 14.9 Å². The van der Waals surface area contributed by atoms with Crippen molar-refractivity contribution in [3.8, 4) is 0 Å². The summed E-state index contributed by atoms with van der Waals surface area (Å²) in [6, 6.07) is 18.7.